The lowest BCUT2D eigenvalue weighted by atomic mass is 10.2. The predicted octanol–water partition coefficient (Wildman–Crippen LogP) is 0.848. The molecule has 0 aliphatic carbocycles. The topological polar surface area (TPSA) is 101 Å². The summed E-state index contributed by atoms with van der Waals surface area (Å²) in [6.45, 7) is 1.89. The van der Waals surface area contributed by atoms with Crippen LogP contribution in [0.25, 0.3) is 0 Å². The lowest BCUT2D eigenvalue weighted by Gasteiger charge is -2.15. The Morgan fingerprint density at radius 3 is 2.48 bits per heavy atom. The van der Waals surface area contributed by atoms with Gasteiger partial charge in [0.05, 0.1) is 4.90 Å². The van der Waals surface area contributed by atoms with E-state index in [9.17, 15) is 18.0 Å². The van der Waals surface area contributed by atoms with Crippen molar-refractivity contribution >= 4 is 15.9 Å². The average molecular weight is 390 g/mol. The van der Waals surface area contributed by atoms with E-state index in [1.807, 2.05) is 0 Å². The van der Waals surface area contributed by atoms with Gasteiger partial charge < -0.3 is 5.32 Å². The van der Waals surface area contributed by atoms with Gasteiger partial charge >= 0.3 is 0 Å². The highest BCUT2D eigenvalue weighted by molar-refractivity contribution is 7.89. The summed E-state index contributed by atoms with van der Waals surface area (Å²) in [4.78, 5) is 23.9. The number of benzene rings is 1. The van der Waals surface area contributed by atoms with Crippen LogP contribution in [-0.2, 0) is 16.6 Å². The van der Waals surface area contributed by atoms with E-state index >= 15 is 0 Å². The Morgan fingerprint density at radius 1 is 1.11 bits per heavy atom. The maximum Gasteiger partial charge on any atom is 0.266 e. The molecule has 1 amide bonds. The van der Waals surface area contributed by atoms with Gasteiger partial charge in [0.2, 0.25) is 10.0 Å². The van der Waals surface area contributed by atoms with Gasteiger partial charge in [-0.1, -0.05) is 0 Å². The standard InChI is InChI=1S/C18H22N4O4S/c23-17-5-3-11-20-22(17)14-4-10-19-18(24)15-6-8-16(9-7-15)27(25,26)21-12-1-2-13-21/h3,5-9,11H,1-2,4,10,12-14H2,(H,19,24). The second-order valence-corrected chi connectivity index (χ2v) is 8.27. The minimum absolute atomic E-state index is 0.182. The van der Waals surface area contributed by atoms with Crippen LogP contribution in [0.3, 0.4) is 0 Å². The van der Waals surface area contributed by atoms with Crippen molar-refractivity contribution in [3.63, 3.8) is 0 Å². The number of nitrogens with one attached hydrogen (secondary N) is 1. The smallest absolute Gasteiger partial charge is 0.266 e. The molecule has 1 fully saturated rings. The molecule has 9 heteroatoms. The molecule has 0 atom stereocenters. The summed E-state index contributed by atoms with van der Waals surface area (Å²) < 4.78 is 27.8. The summed E-state index contributed by atoms with van der Waals surface area (Å²) in [5, 5.41) is 6.71. The highest BCUT2D eigenvalue weighted by Gasteiger charge is 2.27. The van der Waals surface area contributed by atoms with E-state index in [-0.39, 0.29) is 16.4 Å². The van der Waals surface area contributed by atoms with Crippen LogP contribution in [0.4, 0.5) is 0 Å². The van der Waals surface area contributed by atoms with Gasteiger partial charge in [0.15, 0.2) is 0 Å². The molecule has 27 heavy (non-hydrogen) atoms. The van der Waals surface area contributed by atoms with Crippen molar-refractivity contribution in [3.8, 4) is 0 Å². The fourth-order valence-corrected chi connectivity index (χ4v) is 4.46. The van der Waals surface area contributed by atoms with Crippen LogP contribution in [-0.4, -0.2) is 48.0 Å². The van der Waals surface area contributed by atoms with E-state index < -0.39 is 10.0 Å². The number of carbonyl (C=O) groups is 1. The van der Waals surface area contributed by atoms with Crippen molar-refractivity contribution in [2.45, 2.75) is 30.7 Å². The summed E-state index contributed by atoms with van der Waals surface area (Å²) in [6, 6.07) is 8.98. The number of aromatic nitrogens is 2. The number of hydrogen-bond acceptors (Lipinski definition) is 5. The molecule has 0 spiro atoms. The van der Waals surface area contributed by atoms with Crippen molar-refractivity contribution in [1.82, 2.24) is 19.4 Å². The Balaban J connectivity index is 1.53. The van der Waals surface area contributed by atoms with Crippen molar-refractivity contribution < 1.29 is 13.2 Å². The van der Waals surface area contributed by atoms with Crippen LogP contribution in [0.1, 0.15) is 29.6 Å². The number of sulfonamides is 1. The Labute approximate surface area is 157 Å². The Bertz CT molecular complexity index is 948. The molecule has 1 aromatic carbocycles. The van der Waals surface area contributed by atoms with Gasteiger partial charge in [-0.15, -0.1) is 0 Å². The fourth-order valence-electron chi connectivity index (χ4n) is 2.94. The molecule has 1 N–H and O–H groups in total. The third-order valence-electron chi connectivity index (χ3n) is 4.44. The maximum absolute atomic E-state index is 12.5. The molecule has 0 radical (unpaired) electrons. The minimum atomic E-state index is -3.47. The second-order valence-electron chi connectivity index (χ2n) is 6.33. The Hall–Kier alpha value is -2.52. The van der Waals surface area contributed by atoms with Crippen LogP contribution in [0, 0.1) is 0 Å². The molecular formula is C18H22N4O4S. The molecule has 2 heterocycles. The van der Waals surface area contributed by atoms with Gasteiger partial charge in [0.1, 0.15) is 0 Å². The third-order valence-corrected chi connectivity index (χ3v) is 6.35. The van der Waals surface area contributed by atoms with Gasteiger partial charge in [0, 0.05) is 44.0 Å². The summed E-state index contributed by atoms with van der Waals surface area (Å²) in [6.07, 6.45) is 3.86. The summed E-state index contributed by atoms with van der Waals surface area (Å²) in [7, 11) is -3.47. The number of carbonyl (C=O) groups excluding carboxylic acids is 1. The van der Waals surface area contributed by atoms with E-state index in [0.717, 1.165) is 12.8 Å². The number of nitrogens with zero attached hydrogens (tertiary/aromatic N) is 3. The van der Waals surface area contributed by atoms with Crippen LogP contribution in [0.15, 0.2) is 52.3 Å². The van der Waals surface area contributed by atoms with Crippen LogP contribution in [0.2, 0.25) is 0 Å². The molecule has 0 bridgehead atoms. The quantitative estimate of drug-likeness (QED) is 0.706. The first-order chi connectivity index (χ1) is 13.0. The molecule has 2 aromatic rings. The zero-order valence-electron chi connectivity index (χ0n) is 14.9. The number of rotatable bonds is 7. The van der Waals surface area contributed by atoms with E-state index in [2.05, 4.69) is 10.4 Å². The molecule has 1 aliphatic rings. The van der Waals surface area contributed by atoms with E-state index in [0.29, 0.717) is 38.2 Å². The van der Waals surface area contributed by atoms with E-state index in [1.165, 1.54) is 45.5 Å². The van der Waals surface area contributed by atoms with Crippen molar-refractivity contribution in [2.75, 3.05) is 19.6 Å². The molecule has 1 aromatic heterocycles. The fraction of sp³-hybridized carbons (Fsp3) is 0.389. The zero-order chi connectivity index (χ0) is 19.3. The average Bonchev–Trinajstić information content (AvgIpc) is 3.22. The first-order valence-electron chi connectivity index (χ1n) is 8.89. The summed E-state index contributed by atoms with van der Waals surface area (Å²) in [5.41, 5.74) is 0.212. The van der Waals surface area contributed by atoms with Crippen molar-refractivity contribution in [3.05, 3.63) is 58.5 Å². The number of amides is 1. The molecule has 0 saturated carbocycles. The molecule has 1 saturated heterocycles. The molecule has 8 nitrogen and oxygen atoms in total. The van der Waals surface area contributed by atoms with Gasteiger partial charge in [-0.05, 0) is 49.6 Å². The largest absolute Gasteiger partial charge is 0.352 e. The summed E-state index contributed by atoms with van der Waals surface area (Å²) >= 11 is 0. The summed E-state index contributed by atoms with van der Waals surface area (Å²) in [5.74, 6) is -0.284. The van der Waals surface area contributed by atoms with E-state index in [4.69, 9.17) is 0 Å². The monoisotopic (exact) mass is 390 g/mol. The van der Waals surface area contributed by atoms with Crippen molar-refractivity contribution in [2.24, 2.45) is 0 Å². The molecule has 1 aliphatic heterocycles. The first-order valence-corrected chi connectivity index (χ1v) is 10.3. The van der Waals surface area contributed by atoms with Gasteiger partial charge in [-0.3, -0.25) is 9.59 Å². The normalized spacial score (nSPS) is 15.0. The zero-order valence-corrected chi connectivity index (χ0v) is 15.7. The molecule has 144 valence electrons. The molecule has 0 unspecified atom stereocenters. The predicted molar refractivity (Wildman–Crippen MR) is 99.9 cm³/mol. The maximum atomic E-state index is 12.5. The van der Waals surface area contributed by atoms with Crippen LogP contribution >= 0.6 is 0 Å². The van der Waals surface area contributed by atoms with Gasteiger partial charge in [-0.25, -0.2) is 13.1 Å². The van der Waals surface area contributed by atoms with Crippen LogP contribution in [0.5, 0.6) is 0 Å². The number of hydrogen-bond donors (Lipinski definition) is 1. The second kappa shape index (κ2) is 8.45. The third kappa shape index (κ3) is 4.61. The SMILES string of the molecule is O=C(NCCCn1ncccc1=O)c1ccc(S(=O)(=O)N2CCCC2)cc1. The van der Waals surface area contributed by atoms with E-state index in [1.54, 1.807) is 6.07 Å². The van der Waals surface area contributed by atoms with Crippen LogP contribution < -0.4 is 10.9 Å². The first kappa shape index (κ1) is 19.2. The number of aryl methyl sites for hydroxylation is 1. The molecule has 3 rings (SSSR count). The van der Waals surface area contributed by atoms with Gasteiger partial charge in [0.25, 0.3) is 11.5 Å². The minimum Gasteiger partial charge on any atom is -0.352 e. The Kier molecular flexibility index (Phi) is 6.02. The lowest BCUT2D eigenvalue weighted by molar-refractivity contribution is 0.0952. The highest BCUT2D eigenvalue weighted by atomic mass is 32.2. The molecular weight excluding hydrogens is 368 g/mol. The Morgan fingerprint density at radius 2 is 1.81 bits per heavy atom. The van der Waals surface area contributed by atoms with Gasteiger partial charge in [-0.2, -0.15) is 9.40 Å². The van der Waals surface area contributed by atoms with Crippen molar-refractivity contribution in [1.29, 1.82) is 0 Å². The lowest BCUT2D eigenvalue weighted by Crippen LogP contribution is -2.28. The highest BCUT2D eigenvalue weighted by Crippen LogP contribution is 2.21.